The number of hydrogen-bond donors (Lipinski definition) is 1. The molecule has 1 aromatic heterocycles. The van der Waals surface area contributed by atoms with Crippen molar-refractivity contribution in [1.29, 1.82) is 0 Å². The highest BCUT2D eigenvalue weighted by atomic mass is 16.3. The fraction of sp³-hybridized carbons (Fsp3) is 0.188. The molecule has 3 heteroatoms. The van der Waals surface area contributed by atoms with Crippen LogP contribution in [0.1, 0.15) is 16.7 Å². The molecule has 0 spiro atoms. The number of hydrogen-bond acceptors (Lipinski definition) is 3. The summed E-state index contributed by atoms with van der Waals surface area (Å²) >= 11 is 0. The molecule has 19 heavy (non-hydrogen) atoms. The van der Waals surface area contributed by atoms with E-state index in [0.717, 1.165) is 33.5 Å². The van der Waals surface area contributed by atoms with Crippen LogP contribution in [0.2, 0.25) is 0 Å². The average molecular weight is 252 g/mol. The molecule has 3 aromatic rings. The maximum atomic E-state index is 6.03. The first-order valence-corrected chi connectivity index (χ1v) is 6.29. The third kappa shape index (κ3) is 1.87. The Labute approximate surface area is 112 Å². The van der Waals surface area contributed by atoms with Crippen molar-refractivity contribution in [3.63, 3.8) is 0 Å². The highest BCUT2D eigenvalue weighted by Crippen LogP contribution is 2.30. The summed E-state index contributed by atoms with van der Waals surface area (Å²) in [6, 6.07) is 10.1. The third-order valence-corrected chi connectivity index (χ3v) is 3.48. The van der Waals surface area contributed by atoms with Gasteiger partial charge in [0, 0.05) is 16.8 Å². The predicted octanol–water partition coefficient (Wildman–Crippen LogP) is 4.00. The largest absolute Gasteiger partial charge is 0.436 e. The van der Waals surface area contributed by atoms with Crippen LogP contribution in [0, 0.1) is 20.8 Å². The highest BCUT2D eigenvalue weighted by molar-refractivity contribution is 5.85. The van der Waals surface area contributed by atoms with E-state index in [0.29, 0.717) is 5.89 Å². The summed E-state index contributed by atoms with van der Waals surface area (Å²) in [5.41, 5.74) is 12.7. The normalized spacial score (nSPS) is 11.1. The molecule has 0 bridgehead atoms. The molecule has 2 aromatic carbocycles. The lowest BCUT2D eigenvalue weighted by Crippen LogP contribution is -1.93. The van der Waals surface area contributed by atoms with Crippen LogP contribution in [-0.4, -0.2) is 4.98 Å². The Morgan fingerprint density at radius 2 is 1.74 bits per heavy atom. The zero-order valence-electron chi connectivity index (χ0n) is 11.3. The number of nitrogens with two attached hydrogens (primary N) is 1. The second-order valence-corrected chi connectivity index (χ2v) is 4.96. The predicted molar refractivity (Wildman–Crippen MR) is 78.1 cm³/mol. The Morgan fingerprint density at radius 3 is 2.42 bits per heavy atom. The first-order chi connectivity index (χ1) is 9.06. The van der Waals surface area contributed by atoms with Crippen molar-refractivity contribution in [3.05, 3.63) is 47.0 Å². The highest BCUT2D eigenvalue weighted by Gasteiger charge is 2.13. The number of aromatic nitrogens is 1. The van der Waals surface area contributed by atoms with Crippen molar-refractivity contribution >= 4 is 16.8 Å². The van der Waals surface area contributed by atoms with Crippen LogP contribution in [-0.2, 0) is 0 Å². The summed E-state index contributed by atoms with van der Waals surface area (Å²) in [5.74, 6) is 0.642. The second-order valence-electron chi connectivity index (χ2n) is 4.96. The fourth-order valence-corrected chi connectivity index (χ4v) is 2.22. The molecule has 0 radical (unpaired) electrons. The van der Waals surface area contributed by atoms with Crippen molar-refractivity contribution in [1.82, 2.24) is 4.98 Å². The van der Waals surface area contributed by atoms with E-state index in [2.05, 4.69) is 24.0 Å². The molecule has 0 fully saturated rings. The van der Waals surface area contributed by atoms with Crippen LogP contribution in [0.15, 0.2) is 34.7 Å². The van der Waals surface area contributed by atoms with Crippen molar-refractivity contribution in [3.8, 4) is 11.5 Å². The molecular weight excluding hydrogens is 236 g/mol. The SMILES string of the molecule is Cc1ccc(-c2nc3c(C)c(N)c(C)cc3o2)cc1. The van der Waals surface area contributed by atoms with Gasteiger partial charge in [-0.3, -0.25) is 0 Å². The van der Waals surface area contributed by atoms with Crippen LogP contribution in [0.4, 0.5) is 5.69 Å². The minimum atomic E-state index is 0.642. The van der Waals surface area contributed by atoms with Crippen LogP contribution in [0.25, 0.3) is 22.6 Å². The monoisotopic (exact) mass is 252 g/mol. The second kappa shape index (κ2) is 4.12. The number of nitrogen functional groups attached to an aromatic ring is 1. The molecule has 0 unspecified atom stereocenters. The molecule has 0 aliphatic rings. The molecule has 1 heterocycles. The summed E-state index contributed by atoms with van der Waals surface area (Å²) in [4.78, 5) is 4.57. The van der Waals surface area contributed by atoms with Gasteiger partial charge in [-0.05, 0) is 44.5 Å². The van der Waals surface area contributed by atoms with E-state index in [9.17, 15) is 0 Å². The Balaban J connectivity index is 2.22. The van der Waals surface area contributed by atoms with Gasteiger partial charge in [0.1, 0.15) is 5.52 Å². The van der Waals surface area contributed by atoms with Crippen LogP contribution in [0.5, 0.6) is 0 Å². The van der Waals surface area contributed by atoms with Gasteiger partial charge in [-0.1, -0.05) is 17.7 Å². The smallest absolute Gasteiger partial charge is 0.227 e. The summed E-state index contributed by atoms with van der Waals surface area (Å²) in [6.45, 7) is 6.02. The summed E-state index contributed by atoms with van der Waals surface area (Å²) in [5, 5.41) is 0. The lowest BCUT2D eigenvalue weighted by atomic mass is 10.1. The van der Waals surface area contributed by atoms with Crippen molar-refractivity contribution in [2.45, 2.75) is 20.8 Å². The first-order valence-electron chi connectivity index (χ1n) is 6.29. The van der Waals surface area contributed by atoms with Crippen LogP contribution >= 0.6 is 0 Å². The van der Waals surface area contributed by atoms with E-state index in [1.54, 1.807) is 0 Å². The van der Waals surface area contributed by atoms with E-state index < -0.39 is 0 Å². The third-order valence-electron chi connectivity index (χ3n) is 3.48. The summed E-state index contributed by atoms with van der Waals surface area (Å²) in [7, 11) is 0. The quantitative estimate of drug-likeness (QED) is 0.666. The molecule has 3 nitrogen and oxygen atoms in total. The Bertz CT molecular complexity index is 755. The van der Waals surface area contributed by atoms with Gasteiger partial charge in [-0.2, -0.15) is 0 Å². The van der Waals surface area contributed by atoms with Crippen molar-refractivity contribution in [2.24, 2.45) is 0 Å². The van der Waals surface area contributed by atoms with Crippen molar-refractivity contribution in [2.75, 3.05) is 5.73 Å². The molecular formula is C16H16N2O. The van der Waals surface area contributed by atoms with Crippen molar-refractivity contribution < 1.29 is 4.42 Å². The lowest BCUT2D eigenvalue weighted by Gasteiger charge is -2.02. The van der Waals surface area contributed by atoms with Gasteiger partial charge in [-0.15, -0.1) is 0 Å². The Hall–Kier alpha value is -2.29. The zero-order chi connectivity index (χ0) is 13.6. The van der Waals surface area contributed by atoms with E-state index in [1.807, 2.05) is 32.0 Å². The zero-order valence-corrected chi connectivity index (χ0v) is 11.3. The van der Waals surface area contributed by atoms with Gasteiger partial charge in [0.25, 0.3) is 0 Å². The standard InChI is InChI=1S/C16H16N2O/c1-9-4-6-12(7-5-9)16-18-15-11(3)14(17)10(2)8-13(15)19-16/h4-8H,17H2,1-3H3. The number of oxazole rings is 1. The van der Waals surface area contributed by atoms with Gasteiger partial charge in [-0.25, -0.2) is 4.98 Å². The molecule has 3 rings (SSSR count). The number of rotatable bonds is 1. The number of aryl methyl sites for hydroxylation is 3. The Morgan fingerprint density at radius 1 is 1.05 bits per heavy atom. The molecule has 0 amide bonds. The summed E-state index contributed by atoms with van der Waals surface area (Å²) < 4.78 is 5.84. The van der Waals surface area contributed by atoms with E-state index in [-0.39, 0.29) is 0 Å². The minimum Gasteiger partial charge on any atom is -0.436 e. The van der Waals surface area contributed by atoms with Crippen LogP contribution < -0.4 is 5.73 Å². The minimum absolute atomic E-state index is 0.642. The van der Waals surface area contributed by atoms with E-state index in [4.69, 9.17) is 10.2 Å². The van der Waals surface area contributed by atoms with Gasteiger partial charge >= 0.3 is 0 Å². The van der Waals surface area contributed by atoms with Gasteiger partial charge in [0.05, 0.1) is 0 Å². The summed E-state index contributed by atoms with van der Waals surface area (Å²) in [6.07, 6.45) is 0. The molecule has 0 saturated heterocycles. The van der Waals surface area contributed by atoms with Gasteiger partial charge in [0.15, 0.2) is 5.58 Å². The molecule has 0 aliphatic heterocycles. The lowest BCUT2D eigenvalue weighted by molar-refractivity contribution is 0.619. The molecule has 0 aliphatic carbocycles. The number of anilines is 1. The number of benzene rings is 2. The number of nitrogens with zero attached hydrogens (tertiary/aromatic N) is 1. The molecule has 0 saturated carbocycles. The maximum Gasteiger partial charge on any atom is 0.227 e. The van der Waals surface area contributed by atoms with Gasteiger partial charge < -0.3 is 10.2 Å². The van der Waals surface area contributed by atoms with Crippen LogP contribution in [0.3, 0.4) is 0 Å². The maximum absolute atomic E-state index is 6.03. The van der Waals surface area contributed by atoms with E-state index >= 15 is 0 Å². The Kier molecular flexibility index (Phi) is 2.56. The average Bonchev–Trinajstić information content (AvgIpc) is 2.81. The van der Waals surface area contributed by atoms with Gasteiger partial charge in [0.2, 0.25) is 5.89 Å². The molecule has 96 valence electrons. The molecule has 0 atom stereocenters. The fourth-order valence-electron chi connectivity index (χ4n) is 2.22. The van der Waals surface area contributed by atoms with E-state index in [1.165, 1.54) is 5.56 Å². The topological polar surface area (TPSA) is 52.0 Å². The molecule has 2 N–H and O–H groups in total. The number of fused-ring (bicyclic) bond motifs is 1. The first kappa shape index (κ1) is 11.8.